The Kier molecular flexibility index (Phi) is 6.88. The lowest BCUT2D eigenvalue weighted by atomic mass is 10.0. The number of rotatable bonds is 4. The minimum absolute atomic E-state index is 0.518. The zero-order chi connectivity index (χ0) is 18.4. The highest BCUT2D eigenvalue weighted by Gasteiger charge is 2.22. The Bertz CT molecular complexity index is 600. The van der Waals surface area contributed by atoms with Crippen LogP contribution in [0.2, 0.25) is 0 Å². The number of anilines is 3. The van der Waals surface area contributed by atoms with Gasteiger partial charge >= 0.3 is 0 Å². The molecule has 3 heterocycles. The van der Waals surface area contributed by atoms with Crippen molar-refractivity contribution in [2.24, 2.45) is 0 Å². The molecule has 0 radical (unpaired) electrons. The summed E-state index contributed by atoms with van der Waals surface area (Å²) in [6.45, 7) is 8.32. The van der Waals surface area contributed by atoms with Crippen LogP contribution in [0.15, 0.2) is 6.07 Å². The summed E-state index contributed by atoms with van der Waals surface area (Å²) in [7, 11) is 0. The highest BCUT2D eigenvalue weighted by molar-refractivity contribution is 7.80. The first-order valence-corrected chi connectivity index (χ1v) is 10.5. The number of hydrogen-bond donors (Lipinski definition) is 2. The van der Waals surface area contributed by atoms with E-state index in [4.69, 9.17) is 22.2 Å². The van der Waals surface area contributed by atoms with Crippen molar-refractivity contribution in [2.75, 3.05) is 41.3 Å². The molecular weight excluding hydrogens is 344 g/mol. The largest absolute Gasteiger partial charge is 0.363 e. The summed E-state index contributed by atoms with van der Waals surface area (Å²) in [5.74, 6) is 2.65. The monoisotopic (exact) mass is 376 g/mol. The molecule has 2 N–H and O–H groups in total. The normalized spacial score (nSPS) is 21.2. The first kappa shape index (κ1) is 19.1. The van der Waals surface area contributed by atoms with Gasteiger partial charge in [0.1, 0.15) is 11.6 Å². The van der Waals surface area contributed by atoms with E-state index in [2.05, 4.69) is 33.4 Å². The van der Waals surface area contributed by atoms with Gasteiger partial charge in [-0.3, -0.25) is 0 Å². The van der Waals surface area contributed by atoms with Gasteiger partial charge in [-0.15, -0.1) is 0 Å². The molecule has 0 spiro atoms. The fourth-order valence-electron chi connectivity index (χ4n) is 3.83. The van der Waals surface area contributed by atoms with Crippen LogP contribution in [-0.4, -0.2) is 47.3 Å². The molecule has 1 aromatic rings. The van der Waals surface area contributed by atoms with Crippen molar-refractivity contribution in [3.05, 3.63) is 6.07 Å². The van der Waals surface area contributed by atoms with E-state index in [0.29, 0.717) is 17.1 Å². The van der Waals surface area contributed by atoms with Crippen LogP contribution in [0.25, 0.3) is 0 Å². The number of nitrogens with zero attached hydrogens (tertiary/aromatic N) is 4. The molecule has 0 aliphatic carbocycles. The van der Waals surface area contributed by atoms with Crippen LogP contribution in [0, 0.1) is 0 Å². The molecule has 0 saturated carbocycles. The van der Waals surface area contributed by atoms with E-state index < -0.39 is 0 Å². The van der Waals surface area contributed by atoms with E-state index in [1.165, 1.54) is 44.9 Å². The van der Waals surface area contributed by atoms with Crippen molar-refractivity contribution < 1.29 is 0 Å². The second kappa shape index (κ2) is 9.35. The van der Waals surface area contributed by atoms with Crippen LogP contribution < -0.4 is 20.4 Å². The number of nitrogens with one attached hydrogen (secondary N) is 2. The Labute approximate surface area is 162 Å². The average molecular weight is 377 g/mol. The van der Waals surface area contributed by atoms with Crippen molar-refractivity contribution in [1.82, 2.24) is 15.3 Å². The topological polar surface area (TPSA) is 56.3 Å². The first-order chi connectivity index (χ1) is 12.7. The Morgan fingerprint density at radius 2 is 1.77 bits per heavy atom. The molecule has 0 aromatic carbocycles. The summed E-state index contributed by atoms with van der Waals surface area (Å²) in [5, 5.41) is 6.88. The molecule has 2 fully saturated rings. The van der Waals surface area contributed by atoms with Gasteiger partial charge in [0.15, 0.2) is 5.11 Å². The Hall–Kier alpha value is -1.63. The fourth-order valence-corrected chi connectivity index (χ4v) is 4.07. The highest BCUT2D eigenvalue weighted by Crippen LogP contribution is 2.28. The van der Waals surface area contributed by atoms with Crippen LogP contribution in [0.3, 0.4) is 0 Å². The van der Waals surface area contributed by atoms with E-state index in [9.17, 15) is 0 Å². The zero-order valence-corrected chi connectivity index (χ0v) is 16.9. The van der Waals surface area contributed by atoms with Gasteiger partial charge in [-0.2, -0.15) is 9.97 Å². The highest BCUT2D eigenvalue weighted by atomic mass is 32.1. The summed E-state index contributed by atoms with van der Waals surface area (Å²) >= 11 is 5.35. The third-order valence-electron chi connectivity index (χ3n) is 5.29. The smallest absolute Gasteiger partial charge is 0.232 e. The Morgan fingerprint density at radius 3 is 2.46 bits per heavy atom. The molecule has 0 bridgehead atoms. The fraction of sp³-hybridized carbons (Fsp3) is 0.737. The third-order valence-corrected chi connectivity index (χ3v) is 5.54. The lowest BCUT2D eigenvalue weighted by Crippen LogP contribution is -2.38. The molecular formula is C19H32N6S. The van der Waals surface area contributed by atoms with E-state index in [1.807, 2.05) is 6.92 Å². The molecule has 2 saturated heterocycles. The van der Waals surface area contributed by atoms with E-state index in [0.717, 1.165) is 37.8 Å². The van der Waals surface area contributed by atoms with Crippen LogP contribution in [0.5, 0.6) is 0 Å². The summed E-state index contributed by atoms with van der Waals surface area (Å²) in [6, 6.07) is 2.69. The maximum Gasteiger partial charge on any atom is 0.232 e. The summed E-state index contributed by atoms with van der Waals surface area (Å²) < 4.78 is 0. The SMILES string of the molecule is CCNC(=S)Nc1nc(N2CCCCCC2)cc(N2CCCC[C@@H]2C)n1. The van der Waals surface area contributed by atoms with Crippen molar-refractivity contribution >= 4 is 34.9 Å². The number of thiocarbonyl (C=S) groups is 1. The molecule has 0 amide bonds. The molecule has 6 nitrogen and oxygen atoms in total. The molecule has 2 aliphatic rings. The number of piperidine rings is 1. The predicted octanol–water partition coefficient (Wildman–Crippen LogP) is 3.54. The molecule has 7 heteroatoms. The zero-order valence-electron chi connectivity index (χ0n) is 16.1. The van der Waals surface area contributed by atoms with Gasteiger partial charge in [0.05, 0.1) is 0 Å². The Balaban J connectivity index is 1.88. The lowest BCUT2D eigenvalue weighted by molar-refractivity contribution is 0.481. The van der Waals surface area contributed by atoms with Gasteiger partial charge in [-0.25, -0.2) is 0 Å². The minimum atomic E-state index is 0.518. The second-order valence-corrected chi connectivity index (χ2v) is 7.74. The van der Waals surface area contributed by atoms with Gasteiger partial charge in [-0.05, 0) is 58.2 Å². The van der Waals surface area contributed by atoms with Gasteiger partial charge in [0.25, 0.3) is 0 Å². The van der Waals surface area contributed by atoms with Crippen LogP contribution >= 0.6 is 12.2 Å². The summed E-state index contributed by atoms with van der Waals surface area (Å²) in [5.41, 5.74) is 0. The third kappa shape index (κ3) is 4.96. The first-order valence-electron chi connectivity index (χ1n) is 10.1. The summed E-state index contributed by atoms with van der Waals surface area (Å²) in [4.78, 5) is 14.4. The molecule has 1 atom stereocenters. The predicted molar refractivity (Wildman–Crippen MR) is 113 cm³/mol. The van der Waals surface area contributed by atoms with Crippen LogP contribution in [-0.2, 0) is 0 Å². The van der Waals surface area contributed by atoms with E-state index >= 15 is 0 Å². The van der Waals surface area contributed by atoms with E-state index in [1.54, 1.807) is 0 Å². The van der Waals surface area contributed by atoms with E-state index in [-0.39, 0.29) is 0 Å². The number of aromatic nitrogens is 2. The second-order valence-electron chi connectivity index (χ2n) is 7.33. The maximum absolute atomic E-state index is 5.35. The van der Waals surface area contributed by atoms with Gasteiger partial charge < -0.3 is 20.4 Å². The van der Waals surface area contributed by atoms with Gasteiger partial charge in [0, 0.05) is 38.3 Å². The Morgan fingerprint density at radius 1 is 1.08 bits per heavy atom. The molecule has 3 rings (SSSR count). The van der Waals surface area contributed by atoms with Gasteiger partial charge in [0.2, 0.25) is 5.95 Å². The quantitative estimate of drug-likeness (QED) is 0.780. The van der Waals surface area contributed by atoms with Gasteiger partial charge in [-0.1, -0.05) is 12.8 Å². The van der Waals surface area contributed by atoms with Crippen molar-refractivity contribution in [3.8, 4) is 0 Å². The van der Waals surface area contributed by atoms with Crippen molar-refractivity contribution in [1.29, 1.82) is 0 Å². The van der Waals surface area contributed by atoms with Crippen molar-refractivity contribution in [3.63, 3.8) is 0 Å². The molecule has 2 aliphatic heterocycles. The van der Waals surface area contributed by atoms with Crippen molar-refractivity contribution in [2.45, 2.75) is 64.8 Å². The maximum atomic E-state index is 5.35. The molecule has 1 aromatic heterocycles. The van der Waals surface area contributed by atoms with Crippen LogP contribution in [0.1, 0.15) is 58.8 Å². The molecule has 144 valence electrons. The lowest BCUT2D eigenvalue weighted by Gasteiger charge is -2.35. The molecule has 0 unspecified atom stereocenters. The standard InChI is InChI=1S/C19H32N6S/c1-3-20-19(26)23-18-21-16(24-11-7-4-5-8-12-24)14-17(22-18)25-13-9-6-10-15(25)2/h14-15H,3-13H2,1-2H3,(H2,20,21,22,23,26)/t15-/m0/s1. The number of hydrogen-bond acceptors (Lipinski definition) is 5. The summed E-state index contributed by atoms with van der Waals surface area (Å²) in [6.07, 6.45) is 8.85. The minimum Gasteiger partial charge on any atom is -0.363 e. The average Bonchev–Trinajstić information content (AvgIpc) is 2.91. The molecule has 26 heavy (non-hydrogen) atoms. The van der Waals surface area contributed by atoms with Crippen LogP contribution in [0.4, 0.5) is 17.6 Å².